The normalized spacial score (nSPS) is 25.1. The Labute approximate surface area is 117 Å². The summed E-state index contributed by atoms with van der Waals surface area (Å²) in [6.45, 7) is 4.23. The molecule has 1 fully saturated rings. The summed E-state index contributed by atoms with van der Waals surface area (Å²) < 4.78 is 20.5. The molecule has 1 aliphatic heterocycles. The predicted octanol–water partition coefficient (Wildman–Crippen LogP) is 0.592. The van der Waals surface area contributed by atoms with E-state index in [2.05, 4.69) is 0 Å². The van der Waals surface area contributed by atoms with Crippen molar-refractivity contribution in [3.05, 3.63) is 0 Å². The molecule has 7 heteroatoms. The number of carbonyl (C=O) groups excluding carboxylic acids is 3. The minimum Gasteiger partial charge on any atom is -0.466 e. The summed E-state index contributed by atoms with van der Waals surface area (Å²) >= 11 is 0. The molecular formula is C13H20O7. The maximum atomic E-state index is 11.0. The van der Waals surface area contributed by atoms with E-state index in [0.29, 0.717) is 12.8 Å². The van der Waals surface area contributed by atoms with E-state index in [-0.39, 0.29) is 25.3 Å². The first-order chi connectivity index (χ1) is 9.38. The maximum Gasteiger partial charge on any atom is 0.302 e. The second-order valence-corrected chi connectivity index (χ2v) is 4.61. The molecule has 1 aliphatic rings. The van der Waals surface area contributed by atoms with Gasteiger partial charge in [-0.1, -0.05) is 0 Å². The SMILES string of the molecule is CC(=O)OCC[C@H]1C[C@H](OC(C)=O)[C@@H](COC(C)=O)O1. The Morgan fingerprint density at radius 1 is 1.05 bits per heavy atom. The van der Waals surface area contributed by atoms with Gasteiger partial charge < -0.3 is 18.9 Å². The Balaban J connectivity index is 2.46. The smallest absolute Gasteiger partial charge is 0.302 e. The van der Waals surface area contributed by atoms with Crippen molar-refractivity contribution in [3.63, 3.8) is 0 Å². The maximum absolute atomic E-state index is 11.0. The third-order valence-corrected chi connectivity index (χ3v) is 2.79. The molecule has 0 N–H and O–H groups in total. The van der Waals surface area contributed by atoms with Crippen LogP contribution in [0.25, 0.3) is 0 Å². The number of rotatable bonds is 6. The first kappa shape index (κ1) is 16.4. The van der Waals surface area contributed by atoms with Crippen molar-refractivity contribution in [3.8, 4) is 0 Å². The van der Waals surface area contributed by atoms with Gasteiger partial charge in [-0.25, -0.2) is 0 Å². The molecule has 0 aromatic rings. The first-order valence-corrected chi connectivity index (χ1v) is 6.48. The van der Waals surface area contributed by atoms with Gasteiger partial charge in [-0.05, 0) is 0 Å². The van der Waals surface area contributed by atoms with Crippen molar-refractivity contribution in [1.82, 2.24) is 0 Å². The van der Waals surface area contributed by atoms with E-state index in [1.165, 1.54) is 20.8 Å². The Bertz CT molecular complexity index is 366. The molecule has 1 rings (SSSR count). The molecule has 3 atom stereocenters. The molecule has 7 nitrogen and oxygen atoms in total. The fourth-order valence-corrected chi connectivity index (χ4v) is 2.00. The highest BCUT2D eigenvalue weighted by atomic mass is 16.6. The van der Waals surface area contributed by atoms with Crippen molar-refractivity contribution in [2.45, 2.75) is 51.9 Å². The second kappa shape index (κ2) is 7.84. The molecule has 1 heterocycles. The Kier molecular flexibility index (Phi) is 6.44. The molecule has 0 amide bonds. The monoisotopic (exact) mass is 288 g/mol. The molecule has 0 radical (unpaired) electrons. The number of hydrogen-bond acceptors (Lipinski definition) is 7. The Hall–Kier alpha value is -1.63. The fourth-order valence-electron chi connectivity index (χ4n) is 2.00. The lowest BCUT2D eigenvalue weighted by atomic mass is 10.1. The molecule has 0 aliphatic carbocycles. The average molecular weight is 288 g/mol. The second-order valence-electron chi connectivity index (χ2n) is 4.61. The Morgan fingerprint density at radius 3 is 2.25 bits per heavy atom. The summed E-state index contributed by atoms with van der Waals surface area (Å²) in [5, 5.41) is 0. The minimum atomic E-state index is -0.481. The van der Waals surface area contributed by atoms with Crippen LogP contribution in [0.2, 0.25) is 0 Å². The standard InChI is InChI=1S/C13H20O7/c1-8(14)17-5-4-11-6-12(19-10(3)16)13(20-11)7-18-9(2)15/h11-13H,4-7H2,1-3H3/t11-,12-,13+/m0/s1. The number of ether oxygens (including phenoxy) is 4. The van der Waals surface area contributed by atoms with Crippen molar-refractivity contribution in [2.24, 2.45) is 0 Å². The number of hydrogen-bond donors (Lipinski definition) is 0. The van der Waals surface area contributed by atoms with Crippen molar-refractivity contribution < 1.29 is 33.3 Å². The van der Waals surface area contributed by atoms with Gasteiger partial charge in [0.15, 0.2) is 0 Å². The highest BCUT2D eigenvalue weighted by Crippen LogP contribution is 2.26. The predicted molar refractivity (Wildman–Crippen MR) is 66.7 cm³/mol. The van der Waals surface area contributed by atoms with Gasteiger partial charge in [0.05, 0.1) is 12.7 Å². The van der Waals surface area contributed by atoms with E-state index in [4.69, 9.17) is 18.9 Å². The van der Waals surface area contributed by atoms with E-state index in [9.17, 15) is 14.4 Å². The van der Waals surface area contributed by atoms with Gasteiger partial charge >= 0.3 is 17.9 Å². The van der Waals surface area contributed by atoms with Crippen LogP contribution in [-0.4, -0.2) is 49.4 Å². The molecular weight excluding hydrogens is 268 g/mol. The Morgan fingerprint density at radius 2 is 1.70 bits per heavy atom. The van der Waals surface area contributed by atoms with E-state index in [0.717, 1.165) is 0 Å². The highest BCUT2D eigenvalue weighted by molar-refractivity contribution is 5.66. The molecule has 114 valence electrons. The first-order valence-electron chi connectivity index (χ1n) is 6.48. The van der Waals surface area contributed by atoms with Gasteiger partial charge in [-0.15, -0.1) is 0 Å². The lowest BCUT2D eigenvalue weighted by Crippen LogP contribution is -2.31. The molecule has 0 bridgehead atoms. The third-order valence-electron chi connectivity index (χ3n) is 2.79. The van der Waals surface area contributed by atoms with Crippen LogP contribution < -0.4 is 0 Å². The molecule has 0 aromatic heterocycles. The van der Waals surface area contributed by atoms with Crippen LogP contribution in [-0.2, 0) is 33.3 Å². The lowest BCUT2D eigenvalue weighted by Gasteiger charge is -2.17. The average Bonchev–Trinajstić information content (AvgIpc) is 2.67. The number of esters is 3. The molecule has 0 saturated carbocycles. The third kappa shape index (κ3) is 6.01. The summed E-state index contributed by atoms with van der Waals surface area (Å²) in [5.74, 6) is -1.18. The highest BCUT2D eigenvalue weighted by Gasteiger charge is 2.38. The summed E-state index contributed by atoms with van der Waals surface area (Å²) in [7, 11) is 0. The van der Waals surface area contributed by atoms with E-state index in [1.54, 1.807) is 0 Å². The molecule has 20 heavy (non-hydrogen) atoms. The van der Waals surface area contributed by atoms with Crippen molar-refractivity contribution in [1.29, 1.82) is 0 Å². The molecule has 1 saturated heterocycles. The molecule has 0 unspecified atom stereocenters. The van der Waals surface area contributed by atoms with Crippen molar-refractivity contribution >= 4 is 17.9 Å². The van der Waals surface area contributed by atoms with E-state index < -0.39 is 24.1 Å². The molecule has 0 spiro atoms. The van der Waals surface area contributed by atoms with E-state index in [1.807, 2.05) is 0 Å². The fraction of sp³-hybridized carbons (Fsp3) is 0.769. The van der Waals surface area contributed by atoms with Crippen LogP contribution in [0.5, 0.6) is 0 Å². The van der Waals surface area contributed by atoms with Crippen molar-refractivity contribution in [2.75, 3.05) is 13.2 Å². The quantitative estimate of drug-likeness (QED) is 0.522. The van der Waals surface area contributed by atoms with Gasteiger partial charge in [0.2, 0.25) is 0 Å². The molecule has 0 aromatic carbocycles. The summed E-state index contributed by atoms with van der Waals surface area (Å²) in [4.78, 5) is 32.5. The van der Waals surface area contributed by atoms with E-state index >= 15 is 0 Å². The summed E-state index contributed by atoms with van der Waals surface area (Å²) in [6.07, 6.45) is -0.126. The van der Waals surface area contributed by atoms with Gasteiger partial charge in [0, 0.05) is 33.6 Å². The topological polar surface area (TPSA) is 88.1 Å². The zero-order chi connectivity index (χ0) is 15.1. The minimum absolute atomic E-state index is 0.0390. The van der Waals surface area contributed by atoms with Crippen LogP contribution in [0, 0.1) is 0 Å². The van der Waals surface area contributed by atoms with Crippen LogP contribution in [0.3, 0.4) is 0 Å². The van der Waals surface area contributed by atoms with Crippen LogP contribution in [0.4, 0.5) is 0 Å². The van der Waals surface area contributed by atoms with Crippen LogP contribution in [0.15, 0.2) is 0 Å². The van der Waals surface area contributed by atoms with Crippen LogP contribution in [0.1, 0.15) is 33.6 Å². The van der Waals surface area contributed by atoms with Gasteiger partial charge in [0.25, 0.3) is 0 Å². The van der Waals surface area contributed by atoms with Gasteiger partial charge in [-0.3, -0.25) is 14.4 Å². The van der Waals surface area contributed by atoms with Gasteiger partial charge in [0.1, 0.15) is 18.8 Å². The van der Waals surface area contributed by atoms with Crippen LogP contribution >= 0.6 is 0 Å². The summed E-state index contributed by atoms with van der Waals surface area (Å²) in [5.41, 5.74) is 0. The summed E-state index contributed by atoms with van der Waals surface area (Å²) in [6, 6.07) is 0. The van der Waals surface area contributed by atoms with Gasteiger partial charge in [-0.2, -0.15) is 0 Å². The largest absolute Gasteiger partial charge is 0.466 e. The zero-order valence-electron chi connectivity index (χ0n) is 11.9. The number of carbonyl (C=O) groups is 3. The lowest BCUT2D eigenvalue weighted by molar-refractivity contribution is -0.155. The zero-order valence-corrected chi connectivity index (χ0v) is 11.9.